The van der Waals surface area contributed by atoms with Crippen molar-refractivity contribution in [3.63, 3.8) is 0 Å². The highest BCUT2D eigenvalue weighted by Crippen LogP contribution is 2.25. The third kappa shape index (κ3) is 2.27. The number of esters is 1. The summed E-state index contributed by atoms with van der Waals surface area (Å²) in [6, 6.07) is 1.91. The van der Waals surface area contributed by atoms with Crippen LogP contribution in [0.15, 0.2) is 17.5 Å². The van der Waals surface area contributed by atoms with E-state index < -0.39 is 0 Å². The Balaban J connectivity index is 2.19. The molecule has 80 valence electrons. The largest absolute Gasteiger partial charge is 0.465 e. The summed E-state index contributed by atoms with van der Waals surface area (Å²) in [4.78, 5) is 11.9. The molecule has 0 fully saturated rings. The lowest BCUT2D eigenvalue weighted by molar-refractivity contribution is 0.0606. The molecular formula is C11H13NO2S. The van der Waals surface area contributed by atoms with Gasteiger partial charge in [-0.3, -0.25) is 0 Å². The second kappa shape index (κ2) is 4.59. The van der Waals surface area contributed by atoms with E-state index in [1.165, 1.54) is 24.0 Å². The Bertz CT molecular complexity index is 395. The van der Waals surface area contributed by atoms with Crippen LogP contribution in [0.2, 0.25) is 0 Å². The molecule has 0 aromatic carbocycles. The topological polar surface area (TPSA) is 38.3 Å². The fourth-order valence-electron chi connectivity index (χ4n) is 1.60. The summed E-state index contributed by atoms with van der Waals surface area (Å²) in [6.07, 6.45) is 3.20. The van der Waals surface area contributed by atoms with Crippen molar-refractivity contribution in [2.75, 3.05) is 20.2 Å². The Morgan fingerprint density at radius 2 is 2.47 bits per heavy atom. The maximum Gasteiger partial charge on any atom is 0.348 e. The van der Waals surface area contributed by atoms with Crippen molar-refractivity contribution in [1.29, 1.82) is 0 Å². The number of ether oxygens (including phenoxy) is 1. The molecule has 0 bridgehead atoms. The average molecular weight is 223 g/mol. The van der Waals surface area contributed by atoms with Gasteiger partial charge in [-0.05, 0) is 35.5 Å². The van der Waals surface area contributed by atoms with E-state index in [4.69, 9.17) is 0 Å². The Morgan fingerprint density at radius 1 is 1.60 bits per heavy atom. The molecule has 0 amide bonds. The van der Waals surface area contributed by atoms with Gasteiger partial charge < -0.3 is 10.1 Å². The molecule has 2 rings (SSSR count). The molecule has 0 saturated carbocycles. The van der Waals surface area contributed by atoms with E-state index >= 15 is 0 Å². The molecule has 0 spiro atoms. The molecule has 0 atom stereocenters. The second-order valence-electron chi connectivity index (χ2n) is 3.37. The summed E-state index contributed by atoms with van der Waals surface area (Å²) < 4.78 is 4.68. The highest BCUT2D eigenvalue weighted by atomic mass is 32.1. The molecule has 1 aliphatic heterocycles. The molecular weight excluding hydrogens is 210 g/mol. The highest BCUT2D eigenvalue weighted by molar-refractivity contribution is 7.12. The van der Waals surface area contributed by atoms with Gasteiger partial charge in [0.1, 0.15) is 4.88 Å². The summed E-state index contributed by atoms with van der Waals surface area (Å²) in [5, 5.41) is 5.28. The third-order valence-corrected chi connectivity index (χ3v) is 3.33. The zero-order valence-corrected chi connectivity index (χ0v) is 9.39. The van der Waals surface area contributed by atoms with E-state index in [9.17, 15) is 4.79 Å². The molecule has 1 N–H and O–H groups in total. The van der Waals surface area contributed by atoms with Crippen LogP contribution in [0.5, 0.6) is 0 Å². The predicted octanol–water partition coefficient (Wildman–Crippen LogP) is 1.91. The Morgan fingerprint density at radius 3 is 3.13 bits per heavy atom. The summed E-state index contributed by atoms with van der Waals surface area (Å²) in [7, 11) is 1.41. The van der Waals surface area contributed by atoms with Gasteiger partial charge in [-0.15, -0.1) is 11.3 Å². The molecule has 15 heavy (non-hydrogen) atoms. The average Bonchev–Trinajstić information content (AvgIpc) is 2.78. The molecule has 4 heteroatoms. The van der Waals surface area contributed by atoms with Crippen molar-refractivity contribution in [2.24, 2.45) is 0 Å². The molecule has 0 radical (unpaired) electrons. The van der Waals surface area contributed by atoms with Crippen LogP contribution in [0.25, 0.3) is 5.57 Å². The van der Waals surface area contributed by atoms with Crippen molar-refractivity contribution >= 4 is 22.9 Å². The lowest BCUT2D eigenvalue weighted by Gasteiger charge is -2.12. The summed E-state index contributed by atoms with van der Waals surface area (Å²) in [6.45, 7) is 1.92. The maximum absolute atomic E-state index is 11.3. The number of nitrogens with one attached hydrogen (secondary N) is 1. The van der Waals surface area contributed by atoms with Crippen LogP contribution in [0, 0.1) is 0 Å². The van der Waals surface area contributed by atoms with Crippen LogP contribution in [-0.4, -0.2) is 26.2 Å². The van der Waals surface area contributed by atoms with Crippen LogP contribution in [-0.2, 0) is 4.74 Å². The molecule has 1 aromatic heterocycles. The molecule has 1 aromatic rings. The quantitative estimate of drug-likeness (QED) is 0.778. The fraction of sp³-hybridized carbons (Fsp3) is 0.364. The normalized spacial score (nSPS) is 15.9. The fourth-order valence-corrected chi connectivity index (χ4v) is 2.44. The first-order valence-electron chi connectivity index (χ1n) is 4.88. The first-order valence-corrected chi connectivity index (χ1v) is 5.76. The van der Waals surface area contributed by atoms with Gasteiger partial charge in [-0.2, -0.15) is 0 Å². The van der Waals surface area contributed by atoms with Crippen molar-refractivity contribution in [1.82, 2.24) is 5.32 Å². The van der Waals surface area contributed by atoms with E-state index in [2.05, 4.69) is 16.1 Å². The number of thiophene rings is 1. The van der Waals surface area contributed by atoms with Crippen LogP contribution in [0.3, 0.4) is 0 Å². The lowest BCUT2D eigenvalue weighted by Crippen LogP contribution is -2.19. The smallest absolute Gasteiger partial charge is 0.348 e. The van der Waals surface area contributed by atoms with E-state index in [1.807, 2.05) is 11.4 Å². The van der Waals surface area contributed by atoms with Gasteiger partial charge in [-0.1, -0.05) is 6.08 Å². The van der Waals surface area contributed by atoms with Gasteiger partial charge >= 0.3 is 5.97 Å². The number of hydrogen-bond acceptors (Lipinski definition) is 4. The Hall–Kier alpha value is -1.13. The Labute approximate surface area is 92.8 Å². The number of carbonyl (C=O) groups excluding carboxylic acids is 1. The monoisotopic (exact) mass is 223 g/mol. The minimum atomic E-state index is -0.249. The van der Waals surface area contributed by atoms with Gasteiger partial charge in [-0.25, -0.2) is 4.79 Å². The molecule has 0 saturated heterocycles. The molecule has 0 unspecified atom stereocenters. The van der Waals surface area contributed by atoms with E-state index in [0.717, 1.165) is 25.1 Å². The van der Waals surface area contributed by atoms with Crippen molar-refractivity contribution in [2.45, 2.75) is 6.42 Å². The van der Waals surface area contributed by atoms with E-state index in [0.29, 0.717) is 4.88 Å². The Kier molecular flexibility index (Phi) is 3.18. The summed E-state index contributed by atoms with van der Waals surface area (Å²) in [5.41, 5.74) is 2.47. The first kappa shape index (κ1) is 10.4. The summed E-state index contributed by atoms with van der Waals surface area (Å²) >= 11 is 1.44. The standard InChI is InChI=1S/C11H13NO2S/c1-14-11(13)10-6-9(7-15-10)8-2-4-12-5-3-8/h2,6-7,12H,3-5H2,1H3. The van der Waals surface area contributed by atoms with Crippen molar-refractivity contribution in [3.8, 4) is 0 Å². The van der Waals surface area contributed by atoms with Crippen molar-refractivity contribution < 1.29 is 9.53 Å². The maximum atomic E-state index is 11.3. The zero-order chi connectivity index (χ0) is 10.7. The SMILES string of the molecule is COC(=O)c1cc(C2=CCNCC2)cs1. The van der Waals surface area contributed by atoms with Gasteiger partial charge in [0, 0.05) is 6.54 Å². The number of carbonyl (C=O) groups is 1. The van der Waals surface area contributed by atoms with Crippen LogP contribution >= 0.6 is 11.3 Å². The second-order valence-corrected chi connectivity index (χ2v) is 4.29. The van der Waals surface area contributed by atoms with Crippen LogP contribution in [0.1, 0.15) is 21.7 Å². The van der Waals surface area contributed by atoms with Gasteiger partial charge in [0.25, 0.3) is 0 Å². The van der Waals surface area contributed by atoms with Gasteiger partial charge in [0.15, 0.2) is 0 Å². The van der Waals surface area contributed by atoms with E-state index in [1.54, 1.807) is 0 Å². The minimum absolute atomic E-state index is 0.249. The molecule has 3 nitrogen and oxygen atoms in total. The van der Waals surface area contributed by atoms with Gasteiger partial charge in [0.2, 0.25) is 0 Å². The predicted molar refractivity (Wildman–Crippen MR) is 61.1 cm³/mol. The summed E-state index contributed by atoms with van der Waals surface area (Å²) in [5.74, 6) is -0.249. The van der Waals surface area contributed by atoms with Crippen LogP contribution < -0.4 is 5.32 Å². The van der Waals surface area contributed by atoms with Crippen LogP contribution in [0.4, 0.5) is 0 Å². The zero-order valence-electron chi connectivity index (χ0n) is 8.58. The number of hydrogen-bond donors (Lipinski definition) is 1. The number of rotatable bonds is 2. The highest BCUT2D eigenvalue weighted by Gasteiger charge is 2.12. The molecule has 0 aliphatic carbocycles. The van der Waals surface area contributed by atoms with E-state index in [-0.39, 0.29) is 5.97 Å². The lowest BCUT2D eigenvalue weighted by atomic mass is 10.0. The third-order valence-electron chi connectivity index (χ3n) is 2.42. The molecule has 1 aliphatic rings. The number of methoxy groups -OCH3 is 1. The first-order chi connectivity index (χ1) is 7.31. The molecule has 2 heterocycles. The minimum Gasteiger partial charge on any atom is -0.465 e. The van der Waals surface area contributed by atoms with Crippen molar-refractivity contribution in [3.05, 3.63) is 28.0 Å². The van der Waals surface area contributed by atoms with Gasteiger partial charge in [0.05, 0.1) is 7.11 Å².